The third-order valence-electron chi connectivity index (χ3n) is 5.38. The minimum absolute atomic E-state index is 0.0170. The Labute approximate surface area is 173 Å². The molecule has 0 radical (unpaired) electrons. The Bertz CT molecular complexity index is 1030. The molecule has 1 fully saturated rings. The molecule has 0 spiro atoms. The van der Waals surface area contributed by atoms with Crippen molar-refractivity contribution in [2.75, 3.05) is 38.2 Å². The number of nitrogens with zero attached hydrogens (tertiary/aromatic N) is 3. The average Bonchev–Trinajstić information content (AvgIpc) is 3.16. The molecule has 1 saturated heterocycles. The van der Waals surface area contributed by atoms with Crippen molar-refractivity contribution in [2.45, 2.75) is 13.8 Å². The molecule has 1 aliphatic heterocycles. The summed E-state index contributed by atoms with van der Waals surface area (Å²) in [7, 11) is 1.34. The number of hydrogen-bond acceptors (Lipinski definition) is 6. The van der Waals surface area contributed by atoms with Crippen molar-refractivity contribution in [3.05, 3.63) is 58.7 Å². The Balaban J connectivity index is 1.42. The standard InChI is InChI=1S/C22H23N3O3S/c1-14-12-18-19(13-15(14)2)29-22(23-18)25-10-8-24(9-11-25)20(26)16-4-6-17(7-5-16)21(27)28-3/h4-7,12-13H,8-11H2,1-3H3. The molecule has 4 rings (SSSR count). The zero-order chi connectivity index (χ0) is 20.5. The Morgan fingerprint density at radius 1 is 0.966 bits per heavy atom. The monoisotopic (exact) mass is 409 g/mol. The number of aryl methyl sites for hydroxylation is 2. The Morgan fingerprint density at radius 2 is 1.59 bits per heavy atom. The second-order valence-electron chi connectivity index (χ2n) is 7.25. The van der Waals surface area contributed by atoms with Gasteiger partial charge in [0.25, 0.3) is 5.91 Å². The first kappa shape index (κ1) is 19.4. The maximum atomic E-state index is 12.8. The molecule has 7 heteroatoms. The van der Waals surface area contributed by atoms with Crippen LogP contribution in [0, 0.1) is 13.8 Å². The van der Waals surface area contributed by atoms with E-state index in [0.717, 1.165) is 23.7 Å². The number of benzene rings is 2. The molecular weight excluding hydrogens is 386 g/mol. The molecule has 2 aromatic carbocycles. The number of esters is 1. The number of carbonyl (C=O) groups excluding carboxylic acids is 2. The first-order chi connectivity index (χ1) is 14.0. The molecule has 1 aromatic heterocycles. The Hall–Kier alpha value is -2.93. The third-order valence-corrected chi connectivity index (χ3v) is 6.46. The lowest BCUT2D eigenvalue weighted by atomic mass is 10.1. The summed E-state index contributed by atoms with van der Waals surface area (Å²) >= 11 is 1.71. The predicted octanol–water partition coefficient (Wildman–Crippen LogP) is 3.66. The smallest absolute Gasteiger partial charge is 0.337 e. The lowest BCUT2D eigenvalue weighted by Crippen LogP contribution is -2.48. The van der Waals surface area contributed by atoms with Crippen LogP contribution in [0.5, 0.6) is 0 Å². The number of fused-ring (bicyclic) bond motifs is 1. The number of rotatable bonds is 3. The van der Waals surface area contributed by atoms with Gasteiger partial charge in [0.05, 0.1) is 22.9 Å². The topological polar surface area (TPSA) is 62.7 Å². The molecule has 1 amide bonds. The van der Waals surface area contributed by atoms with Gasteiger partial charge in [-0.25, -0.2) is 9.78 Å². The van der Waals surface area contributed by atoms with Crippen molar-refractivity contribution in [1.82, 2.24) is 9.88 Å². The number of piperazine rings is 1. The molecule has 0 saturated carbocycles. The lowest BCUT2D eigenvalue weighted by molar-refractivity contribution is 0.0599. The number of anilines is 1. The van der Waals surface area contributed by atoms with Gasteiger partial charge in [-0.1, -0.05) is 11.3 Å². The van der Waals surface area contributed by atoms with E-state index in [9.17, 15) is 9.59 Å². The van der Waals surface area contributed by atoms with Gasteiger partial charge in [-0.2, -0.15) is 0 Å². The Morgan fingerprint density at radius 3 is 2.24 bits per heavy atom. The SMILES string of the molecule is COC(=O)c1ccc(C(=O)N2CCN(c3nc4cc(C)c(C)cc4s3)CC2)cc1. The lowest BCUT2D eigenvalue weighted by Gasteiger charge is -2.34. The minimum atomic E-state index is -0.404. The normalized spacial score (nSPS) is 14.3. The molecule has 29 heavy (non-hydrogen) atoms. The number of thiazole rings is 1. The summed E-state index contributed by atoms with van der Waals surface area (Å²) < 4.78 is 5.90. The maximum absolute atomic E-state index is 12.8. The fourth-order valence-electron chi connectivity index (χ4n) is 3.45. The molecule has 6 nitrogen and oxygen atoms in total. The van der Waals surface area contributed by atoms with Crippen LogP contribution in [-0.2, 0) is 4.74 Å². The molecule has 0 bridgehead atoms. The second kappa shape index (κ2) is 7.83. The van der Waals surface area contributed by atoms with Gasteiger partial charge in [-0.3, -0.25) is 4.79 Å². The van der Waals surface area contributed by atoms with Crippen LogP contribution in [0.25, 0.3) is 10.2 Å². The van der Waals surface area contributed by atoms with Gasteiger partial charge in [0.15, 0.2) is 5.13 Å². The summed E-state index contributed by atoms with van der Waals surface area (Å²) in [5.74, 6) is -0.421. The van der Waals surface area contributed by atoms with Gasteiger partial charge in [0.2, 0.25) is 0 Å². The van der Waals surface area contributed by atoms with Crippen molar-refractivity contribution < 1.29 is 14.3 Å². The van der Waals surface area contributed by atoms with E-state index in [4.69, 9.17) is 9.72 Å². The predicted molar refractivity (Wildman–Crippen MR) is 115 cm³/mol. The van der Waals surface area contributed by atoms with E-state index in [1.165, 1.54) is 22.9 Å². The van der Waals surface area contributed by atoms with Gasteiger partial charge in [0.1, 0.15) is 0 Å². The van der Waals surface area contributed by atoms with E-state index >= 15 is 0 Å². The summed E-state index contributed by atoms with van der Waals surface area (Å²) in [4.78, 5) is 33.2. The van der Waals surface area contributed by atoms with Crippen LogP contribution in [0.3, 0.4) is 0 Å². The van der Waals surface area contributed by atoms with E-state index in [1.807, 2.05) is 4.90 Å². The van der Waals surface area contributed by atoms with Crippen LogP contribution in [0.2, 0.25) is 0 Å². The van der Waals surface area contributed by atoms with Crippen LogP contribution in [0.1, 0.15) is 31.8 Å². The molecule has 0 atom stereocenters. The van der Waals surface area contributed by atoms with Gasteiger partial charge in [-0.15, -0.1) is 0 Å². The highest BCUT2D eigenvalue weighted by Crippen LogP contribution is 2.31. The molecule has 150 valence electrons. The second-order valence-corrected chi connectivity index (χ2v) is 8.26. The first-order valence-corrected chi connectivity index (χ1v) is 10.4. The zero-order valence-corrected chi connectivity index (χ0v) is 17.6. The number of ether oxygens (including phenoxy) is 1. The van der Waals surface area contributed by atoms with Crippen molar-refractivity contribution in [2.24, 2.45) is 0 Å². The summed E-state index contributed by atoms with van der Waals surface area (Å²) in [6.07, 6.45) is 0. The van der Waals surface area contributed by atoms with Crippen molar-refractivity contribution in [3.63, 3.8) is 0 Å². The number of methoxy groups -OCH3 is 1. The van der Waals surface area contributed by atoms with Crippen molar-refractivity contribution >= 4 is 38.6 Å². The maximum Gasteiger partial charge on any atom is 0.337 e. The zero-order valence-electron chi connectivity index (χ0n) is 16.8. The summed E-state index contributed by atoms with van der Waals surface area (Å²) in [5.41, 5.74) is 4.59. The largest absolute Gasteiger partial charge is 0.465 e. The third kappa shape index (κ3) is 3.82. The Kier molecular flexibility index (Phi) is 5.24. The highest BCUT2D eigenvalue weighted by Gasteiger charge is 2.24. The molecular formula is C22H23N3O3S. The highest BCUT2D eigenvalue weighted by molar-refractivity contribution is 7.22. The van der Waals surface area contributed by atoms with E-state index in [0.29, 0.717) is 24.2 Å². The fourth-order valence-corrected chi connectivity index (χ4v) is 4.55. The van der Waals surface area contributed by atoms with E-state index in [1.54, 1.807) is 35.6 Å². The number of carbonyl (C=O) groups is 2. The average molecular weight is 410 g/mol. The summed E-state index contributed by atoms with van der Waals surface area (Å²) in [6.45, 7) is 7.02. The van der Waals surface area contributed by atoms with E-state index in [-0.39, 0.29) is 5.91 Å². The van der Waals surface area contributed by atoms with Gasteiger partial charge >= 0.3 is 5.97 Å². The van der Waals surface area contributed by atoms with E-state index in [2.05, 4.69) is 30.9 Å². The summed E-state index contributed by atoms with van der Waals surface area (Å²) in [6, 6.07) is 10.9. The molecule has 3 aromatic rings. The molecule has 1 aliphatic rings. The highest BCUT2D eigenvalue weighted by atomic mass is 32.1. The first-order valence-electron chi connectivity index (χ1n) is 9.56. The quantitative estimate of drug-likeness (QED) is 0.618. The van der Waals surface area contributed by atoms with Crippen LogP contribution >= 0.6 is 11.3 Å². The number of aromatic nitrogens is 1. The van der Waals surface area contributed by atoms with Crippen molar-refractivity contribution in [1.29, 1.82) is 0 Å². The van der Waals surface area contributed by atoms with Gasteiger partial charge in [0, 0.05) is 31.7 Å². The van der Waals surface area contributed by atoms with Crippen LogP contribution in [-0.4, -0.2) is 55.0 Å². The van der Waals surface area contributed by atoms with Crippen molar-refractivity contribution in [3.8, 4) is 0 Å². The van der Waals surface area contributed by atoms with Crippen LogP contribution in [0.15, 0.2) is 36.4 Å². The van der Waals surface area contributed by atoms with Gasteiger partial charge in [-0.05, 0) is 61.4 Å². The molecule has 0 unspecified atom stereocenters. The molecule has 2 heterocycles. The summed E-state index contributed by atoms with van der Waals surface area (Å²) in [5, 5.41) is 1.01. The fraction of sp³-hybridized carbons (Fsp3) is 0.318. The van der Waals surface area contributed by atoms with Gasteiger partial charge < -0.3 is 14.5 Å². The molecule has 0 aliphatic carbocycles. The van der Waals surface area contributed by atoms with Crippen LogP contribution in [0.4, 0.5) is 5.13 Å². The molecule has 0 N–H and O–H groups in total. The number of amides is 1. The van der Waals surface area contributed by atoms with E-state index < -0.39 is 5.97 Å². The van der Waals surface area contributed by atoms with Crippen LogP contribution < -0.4 is 4.90 Å². The number of hydrogen-bond donors (Lipinski definition) is 0. The minimum Gasteiger partial charge on any atom is -0.465 e.